The number of nitrogens with zero attached hydrogens (tertiary/aromatic N) is 3. The molecule has 0 amide bonds. The highest BCUT2D eigenvalue weighted by Gasteiger charge is 2.25. The summed E-state index contributed by atoms with van der Waals surface area (Å²) in [5.41, 5.74) is 7.58. The summed E-state index contributed by atoms with van der Waals surface area (Å²) in [5, 5.41) is 0. The molecule has 110 valence electrons. The van der Waals surface area contributed by atoms with Crippen LogP contribution in [0.3, 0.4) is 0 Å². The van der Waals surface area contributed by atoms with Crippen LogP contribution < -0.4 is 15.2 Å². The van der Waals surface area contributed by atoms with Crippen molar-refractivity contribution in [2.24, 2.45) is 0 Å². The van der Waals surface area contributed by atoms with Gasteiger partial charge in [-0.05, 0) is 41.8 Å². The first-order valence-corrected chi connectivity index (χ1v) is 7.44. The molecule has 1 fully saturated rings. The van der Waals surface area contributed by atoms with Crippen LogP contribution >= 0.6 is 15.9 Å². The number of nitrogens with two attached hydrogens (primary N) is 1. The largest absolute Gasteiger partial charge is 0.488 e. The zero-order chi connectivity index (χ0) is 14.8. The second kappa shape index (κ2) is 5.85. The molecule has 0 aromatic carbocycles. The first kappa shape index (κ1) is 14.1. The summed E-state index contributed by atoms with van der Waals surface area (Å²) in [7, 11) is 0. The van der Waals surface area contributed by atoms with Crippen LogP contribution in [-0.4, -0.2) is 21.1 Å². The number of hydrogen-bond donors (Lipinski definition) is 1. The summed E-state index contributed by atoms with van der Waals surface area (Å²) in [6.45, 7) is 2.23. The molecule has 0 aliphatic heterocycles. The Hall–Kier alpha value is -1.89. The molecule has 3 rings (SSSR count). The van der Waals surface area contributed by atoms with Gasteiger partial charge in [0.15, 0.2) is 5.82 Å². The van der Waals surface area contributed by atoms with E-state index in [-0.39, 0.29) is 5.82 Å². The fourth-order valence-electron chi connectivity index (χ4n) is 1.80. The van der Waals surface area contributed by atoms with Gasteiger partial charge in [0.25, 0.3) is 5.88 Å². The number of pyridine rings is 1. The molecule has 0 radical (unpaired) electrons. The molecule has 0 atom stereocenters. The van der Waals surface area contributed by atoms with Gasteiger partial charge in [-0.1, -0.05) is 0 Å². The van der Waals surface area contributed by atoms with E-state index >= 15 is 0 Å². The van der Waals surface area contributed by atoms with Crippen molar-refractivity contribution in [2.45, 2.75) is 32.5 Å². The maximum absolute atomic E-state index is 5.83. The predicted molar refractivity (Wildman–Crippen MR) is 81.1 cm³/mol. The van der Waals surface area contributed by atoms with Crippen LogP contribution in [0.15, 0.2) is 23.1 Å². The lowest BCUT2D eigenvalue weighted by atomic mass is 10.2. The lowest BCUT2D eigenvalue weighted by molar-refractivity contribution is 0.266. The maximum Gasteiger partial charge on any atom is 0.258 e. The molecule has 0 spiro atoms. The minimum Gasteiger partial charge on any atom is -0.488 e. The third-order valence-electron chi connectivity index (χ3n) is 3.01. The zero-order valence-electron chi connectivity index (χ0n) is 11.5. The number of ether oxygens (including phenoxy) is 2. The molecule has 1 saturated carbocycles. The molecule has 21 heavy (non-hydrogen) atoms. The zero-order valence-corrected chi connectivity index (χ0v) is 13.1. The van der Waals surface area contributed by atoms with Crippen molar-refractivity contribution in [1.82, 2.24) is 15.0 Å². The SMILES string of the molecule is Cc1cc(COc2nc(Br)cnc2N)c(OC2CC2)cn1. The number of hydrogen-bond acceptors (Lipinski definition) is 6. The quantitative estimate of drug-likeness (QED) is 0.892. The standard InChI is InChI=1S/C14H15BrN4O2/c1-8-4-9(11(5-17-8)21-10-2-3-10)7-20-14-13(16)18-6-12(15)19-14/h4-6,10H,2-3,7H2,1H3,(H2,16,18). The van der Waals surface area contributed by atoms with Crippen molar-refractivity contribution in [1.29, 1.82) is 0 Å². The molecule has 1 aliphatic rings. The second-order valence-corrected chi connectivity index (χ2v) is 5.73. The summed E-state index contributed by atoms with van der Waals surface area (Å²) in [5.74, 6) is 1.31. The third-order valence-corrected chi connectivity index (χ3v) is 3.39. The van der Waals surface area contributed by atoms with E-state index in [0.717, 1.165) is 29.8 Å². The summed E-state index contributed by atoms with van der Waals surface area (Å²) in [6, 6.07) is 1.94. The van der Waals surface area contributed by atoms with Crippen molar-refractivity contribution in [2.75, 3.05) is 5.73 Å². The maximum atomic E-state index is 5.83. The number of aryl methyl sites for hydroxylation is 1. The molecule has 6 nitrogen and oxygen atoms in total. The Morgan fingerprint density at radius 2 is 2.14 bits per heavy atom. The van der Waals surface area contributed by atoms with Crippen molar-refractivity contribution < 1.29 is 9.47 Å². The van der Waals surface area contributed by atoms with Crippen LogP contribution in [0.1, 0.15) is 24.1 Å². The van der Waals surface area contributed by atoms with E-state index in [9.17, 15) is 0 Å². The minimum atomic E-state index is 0.258. The summed E-state index contributed by atoms with van der Waals surface area (Å²) >= 11 is 3.25. The smallest absolute Gasteiger partial charge is 0.258 e. The Bertz CT molecular complexity index is 661. The fraction of sp³-hybridized carbons (Fsp3) is 0.357. The Morgan fingerprint density at radius 1 is 1.33 bits per heavy atom. The second-order valence-electron chi connectivity index (χ2n) is 4.92. The van der Waals surface area contributed by atoms with Crippen molar-refractivity contribution in [3.05, 3.63) is 34.3 Å². The van der Waals surface area contributed by atoms with Gasteiger partial charge in [0.05, 0.1) is 18.5 Å². The van der Waals surface area contributed by atoms with Crippen molar-refractivity contribution in [3.63, 3.8) is 0 Å². The van der Waals surface area contributed by atoms with Gasteiger partial charge in [0.2, 0.25) is 0 Å². The van der Waals surface area contributed by atoms with E-state index in [1.165, 1.54) is 6.20 Å². The molecule has 2 aromatic heterocycles. The highest BCUT2D eigenvalue weighted by molar-refractivity contribution is 9.10. The number of nitrogen functional groups attached to an aromatic ring is 1. The molecule has 0 bridgehead atoms. The van der Waals surface area contributed by atoms with Gasteiger partial charge in [-0.2, -0.15) is 0 Å². The number of anilines is 1. The van der Waals surface area contributed by atoms with Gasteiger partial charge >= 0.3 is 0 Å². The number of aromatic nitrogens is 3. The van der Waals surface area contributed by atoms with Crippen LogP contribution in [-0.2, 0) is 6.61 Å². The average molecular weight is 351 g/mol. The molecule has 2 aromatic rings. The lowest BCUT2D eigenvalue weighted by Gasteiger charge is -2.12. The van der Waals surface area contributed by atoms with Crippen molar-refractivity contribution in [3.8, 4) is 11.6 Å². The van der Waals surface area contributed by atoms with Gasteiger partial charge in [-0.25, -0.2) is 9.97 Å². The van der Waals surface area contributed by atoms with Crippen LogP contribution in [0.25, 0.3) is 0 Å². The van der Waals surface area contributed by atoms with Gasteiger partial charge in [-0.3, -0.25) is 4.98 Å². The molecule has 2 N–H and O–H groups in total. The molecule has 7 heteroatoms. The van der Waals surface area contributed by atoms with E-state index in [1.54, 1.807) is 6.20 Å². The third kappa shape index (κ3) is 3.60. The molecule has 0 unspecified atom stereocenters. The van der Waals surface area contributed by atoms with Crippen molar-refractivity contribution >= 4 is 21.7 Å². The molecule has 0 saturated heterocycles. The fourth-order valence-corrected chi connectivity index (χ4v) is 2.07. The number of rotatable bonds is 5. The Balaban J connectivity index is 1.77. The molecular formula is C14H15BrN4O2. The van der Waals surface area contributed by atoms with Crippen LogP contribution in [0.2, 0.25) is 0 Å². The summed E-state index contributed by atoms with van der Waals surface area (Å²) < 4.78 is 12.1. The molecule has 1 aliphatic carbocycles. The Morgan fingerprint density at radius 3 is 2.90 bits per heavy atom. The van der Waals surface area contributed by atoms with Crippen LogP contribution in [0, 0.1) is 6.92 Å². The van der Waals surface area contributed by atoms with Crippen LogP contribution in [0.5, 0.6) is 11.6 Å². The van der Waals surface area contributed by atoms with E-state index in [4.69, 9.17) is 15.2 Å². The topological polar surface area (TPSA) is 83.2 Å². The molecule has 2 heterocycles. The van der Waals surface area contributed by atoms with E-state index in [2.05, 4.69) is 30.9 Å². The van der Waals surface area contributed by atoms with Gasteiger partial charge < -0.3 is 15.2 Å². The first-order chi connectivity index (χ1) is 10.1. The highest BCUT2D eigenvalue weighted by Crippen LogP contribution is 2.30. The normalized spacial score (nSPS) is 14.0. The predicted octanol–water partition coefficient (Wildman–Crippen LogP) is 2.64. The van der Waals surface area contributed by atoms with Gasteiger partial charge in [-0.15, -0.1) is 0 Å². The van der Waals surface area contributed by atoms with E-state index in [0.29, 0.717) is 23.2 Å². The monoisotopic (exact) mass is 350 g/mol. The average Bonchev–Trinajstić information content (AvgIpc) is 3.26. The van der Waals surface area contributed by atoms with E-state index < -0.39 is 0 Å². The lowest BCUT2D eigenvalue weighted by Crippen LogP contribution is -2.06. The minimum absolute atomic E-state index is 0.258. The van der Waals surface area contributed by atoms with Crippen LogP contribution in [0.4, 0.5) is 5.82 Å². The van der Waals surface area contributed by atoms with E-state index in [1.807, 2.05) is 13.0 Å². The van der Waals surface area contributed by atoms with Gasteiger partial charge in [0.1, 0.15) is 17.0 Å². The highest BCUT2D eigenvalue weighted by atomic mass is 79.9. The molecular weight excluding hydrogens is 336 g/mol. The Labute approximate surface area is 130 Å². The Kier molecular flexibility index (Phi) is 3.92. The summed E-state index contributed by atoms with van der Waals surface area (Å²) in [4.78, 5) is 12.4. The first-order valence-electron chi connectivity index (χ1n) is 6.65. The van der Waals surface area contributed by atoms with Gasteiger partial charge in [0, 0.05) is 11.3 Å². The summed E-state index contributed by atoms with van der Waals surface area (Å²) in [6.07, 6.45) is 5.77. The number of halogens is 1.